The van der Waals surface area contributed by atoms with Crippen molar-refractivity contribution in [2.24, 2.45) is 0 Å². The molecule has 8 heteroatoms. The highest BCUT2D eigenvalue weighted by molar-refractivity contribution is 9.10. The Balaban J connectivity index is 2.22. The predicted molar refractivity (Wildman–Crippen MR) is 69.4 cm³/mol. The molecule has 0 amide bonds. The molecule has 0 N–H and O–H groups in total. The molecule has 0 aliphatic heterocycles. The second-order valence-electron chi connectivity index (χ2n) is 3.71. The molecular formula is C11H5BrF3N3S. The Bertz CT molecular complexity index is 714. The van der Waals surface area contributed by atoms with Gasteiger partial charge in [0.25, 0.3) is 0 Å². The molecule has 1 aromatic carbocycles. The fraction of sp³-hybridized carbons (Fsp3) is 0.0909. The second-order valence-corrected chi connectivity index (χ2v) is 5.58. The van der Waals surface area contributed by atoms with E-state index in [4.69, 9.17) is 0 Å². The highest BCUT2D eigenvalue weighted by Gasteiger charge is 2.38. The van der Waals surface area contributed by atoms with Gasteiger partial charge in [-0.3, -0.25) is 0 Å². The highest BCUT2D eigenvalue weighted by atomic mass is 79.9. The number of thiazole rings is 1. The van der Waals surface area contributed by atoms with Gasteiger partial charge in [0.1, 0.15) is 0 Å². The molecule has 2 aromatic heterocycles. The van der Waals surface area contributed by atoms with Gasteiger partial charge < -0.3 is 0 Å². The van der Waals surface area contributed by atoms with E-state index in [2.05, 4.69) is 26.0 Å². The van der Waals surface area contributed by atoms with Crippen molar-refractivity contribution in [3.63, 3.8) is 0 Å². The Labute approximate surface area is 117 Å². The topological polar surface area (TPSA) is 30.7 Å². The van der Waals surface area contributed by atoms with E-state index in [-0.39, 0.29) is 9.60 Å². The maximum Gasteiger partial charge on any atom is 0.434 e. The molecule has 2 heterocycles. The van der Waals surface area contributed by atoms with Crippen molar-refractivity contribution in [2.45, 2.75) is 6.18 Å². The molecule has 3 nitrogen and oxygen atoms in total. The average molecular weight is 348 g/mol. The summed E-state index contributed by atoms with van der Waals surface area (Å²) in [5.74, 6) is 0. The smallest absolute Gasteiger partial charge is 0.218 e. The summed E-state index contributed by atoms with van der Waals surface area (Å²) >= 11 is 4.03. The SMILES string of the molecule is FC(F)(F)c1c(Br)cnn1-c1nc2ccccc2s1. The average Bonchev–Trinajstić information content (AvgIpc) is 2.90. The first kappa shape index (κ1) is 12.6. The lowest BCUT2D eigenvalue weighted by Gasteiger charge is -2.08. The molecule has 98 valence electrons. The van der Waals surface area contributed by atoms with Gasteiger partial charge in [-0.05, 0) is 28.1 Å². The zero-order valence-electron chi connectivity index (χ0n) is 9.15. The van der Waals surface area contributed by atoms with Crippen molar-refractivity contribution in [3.05, 3.63) is 40.6 Å². The fourth-order valence-electron chi connectivity index (χ4n) is 1.68. The molecule has 0 fully saturated rings. The van der Waals surface area contributed by atoms with Crippen molar-refractivity contribution in [3.8, 4) is 5.13 Å². The number of para-hydroxylation sites is 1. The molecule has 19 heavy (non-hydrogen) atoms. The molecule has 0 radical (unpaired) electrons. The van der Waals surface area contributed by atoms with Crippen LogP contribution in [-0.4, -0.2) is 14.8 Å². The molecule has 3 aromatic rings. The number of halogens is 4. The number of hydrogen-bond donors (Lipinski definition) is 0. The molecule has 3 rings (SSSR count). The van der Waals surface area contributed by atoms with Crippen molar-refractivity contribution >= 4 is 37.5 Å². The van der Waals surface area contributed by atoms with E-state index in [9.17, 15) is 13.2 Å². The summed E-state index contributed by atoms with van der Waals surface area (Å²) in [6, 6.07) is 7.16. The van der Waals surface area contributed by atoms with Crippen LogP contribution in [0, 0.1) is 0 Å². The van der Waals surface area contributed by atoms with E-state index >= 15 is 0 Å². The molecule has 0 saturated heterocycles. The summed E-state index contributed by atoms with van der Waals surface area (Å²) in [6.07, 6.45) is -3.37. The van der Waals surface area contributed by atoms with Gasteiger partial charge in [0.15, 0.2) is 5.69 Å². The lowest BCUT2D eigenvalue weighted by molar-refractivity contribution is -0.143. The van der Waals surface area contributed by atoms with Crippen LogP contribution in [0.4, 0.5) is 13.2 Å². The lowest BCUT2D eigenvalue weighted by atomic mass is 10.3. The second kappa shape index (κ2) is 4.31. The van der Waals surface area contributed by atoms with E-state index < -0.39 is 11.9 Å². The molecule has 0 spiro atoms. The Morgan fingerprint density at radius 3 is 2.63 bits per heavy atom. The maximum absolute atomic E-state index is 13.0. The third kappa shape index (κ3) is 2.14. The van der Waals surface area contributed by atoms with Gasteiger partial charge in [0, 0.05) is 0 Å². The largest absolute Gasteiger partial charge is 0.434 e. The van der Waals surface area contributed by atoms with Crippen LogP contribution >= 0.6 is 27.3 Å². The molecular weight excluding hydrogens is 343 g/mol. The zero-order chi connectivity index (χ0) is 13.6. The number of rotatable bonds is 1. The minimum absolute atomic E-state index is 0.0979. The zero-order valence-corrected chi connectivity index (χ0v) is 11.6. The summed E-state index contributed by atoms with van der Waals surface area (Å²) < 4.78 is 40.4. The Kier molecular flexibility index (Phi) is 2.86. The lowest BCUT2D eigenvalue weighted by Crippen LogP contribution is -2.13. The van der Waals surface area contributed by atoms with Crippen LogP contribution in [0.2, 0.25) is 0 Å². The van der Waals surface area contributed by atoms with E-state index in [0.29, 0.717) is 5.52 Å². The molecule has 0 bridgehead atoms. The van der Waals surface area contributed by atoms with E-state index in [1.807, 2.05) is 12.1 Å². The summed E-state index contributed by atoms with van der Waals surface area (Å²) in [4.78, 5) is 4.17. The predicted octanol–water partition coefficient (Wildman–Crippen LogP) is 4.26. The van der Waals surface area contributed by atoms with Crippen LogP contribution < -0.4 is 0 Å². The minimum Gasteiger partial charge on any atom is -0.218 e. The molecule has 0 saturated carbocycles. The number of nitrogens with zero attached hydrogens (tertiary/aromatic N) is 3. The molecule has 0 aliphatic carbocycles. The standard InChI is InChI=1S/C11H5BrF3N3S/c12-6-5-16-18(9(6)11(13,14)15)10-17-7-3-1-2-4-8(7)19-10/h1-5H. The number of benzene rings is 1. The van der Waals surface area contributed by atoms with E-state index in [0.717, 1.165) is 26.9 Å². The fourth-order valence-corrected chi connectivity index (χ4v) is 3.09. The van der Waals surface area contributed by atoms with Crippen LogP contribution in [0.5, 0.6) is 0 Å². The maximum atomic E-state index is 13.0. The van der Waals surface area contributed by atoms with Gasteiger partial charge in [-0.15, -0.1) is 0 Å². The van der Waals surface area contributed by atoms with Gasteiger partial charge in [-0.25, -0.2) is 4.98 Å². The van der Waals surface area contributed by atoms with Crippen molar-refractivity contribution in [2.75, 3.05) is 0 Å². The number of fused-ring (bicyclic) bond motifs is 1. The van der Waals surface area contributed by atoms with Gasteiger partial charge >= 0.3 is 6.18 Å². The van der Waals surface area contributed by atoms with Gasteiger partial charge in [-0.1, -0.05) is 23.5 Å². The van der Waals surface area contributed by atoms with Gasteiger partial charge in [0.2, 0.25) is 5.13 Å². The van der Waals surface area contributed by atoms with Crippen molar-refractivity contribution < 1.29 is 13.2 Å². The first-order chi connectivity index (χ1) is 8.97. The van der Waals surface area contributed by atoms with Crippen molar-refractivity contribution in [1.29, 1.82) is 0 Å². The van der Waals surface area contributed by atoms with Crippen LogP contribution in [0.15, 0.2) is 34.9 Å². The van der Waals surface area contributed by atoms with Crippen LogP contribution in [0.3, 0.4) is 0 Å². The molecule has 0 unspecified atom stereocenters. The van der Waals surface area contributed by atoms with Gasteiger partial charge in [-0.2, -0.15) is 23.0 Å². The van der Waals surface area contributed by atoms with E-state index in [1.54, 1.807) is 12.1 Å². The third-order valence-electron chi connectivity index (χ3n) is 2.46. The summed E-state index contributed by atoms with van der Waals surface area (Å²) in [7, 11) is 0. The summed E-state index contributed by atoms with van der Waals surface area (Å²) in [5.41, 5.74) is -0.200. The normalized spacial score (nSPS) is 12.2. The summed E-state index contributed by atoms with van der Waals surface area (Å²) in [5, 5.41) is 3.94. The van der Waals surface area contributed by atoms with Crippen LogP contribution in [0.1, 0.15) is 5.69 Å². The minimum atomic E-state index is -4.49. The number of alkyl halides is 3. The van der Waals surface area contributed by atoms with Gasteiger partial charge in [0.05, 0.1) is 20.9 Å². The Morgan fingerprint density at radius 1 is 1.21 bits per heavy atom. The van der Waals surface area contributed by atoms with Crippen molar-refractivity contribution in [1.82, 2.24) is 14.8 Å². The third-order valence-corrected chi connectivity index (χ3v) is 4.05. The summed E-state index contributed by atoms with van der Waals surface area (Å²) in [6.45, 7) is 0. The first-order valence-corrected chi connectivity index (χ1v) is 6.74. The quantitative estimate of drug-likeness (QED) is 0.658. The molecule has 0 atom stereocenters. The van der Waals surface area contributed by atoms with E-state index in [1.165, 1.54) is 0 Å². The number of hydrogen-bond acceptors (Lipinski definition) is 3. The molecule has 0 aliphatic rings. The van der Waals surface area contributed by atoms with Crippen LogP contribution in [-0.2, 0) is 6.18 Å². The Hall–Kier alpha value is -1.41. The monoisotopic (exact) mass is 347 g/mol. The highest BCUT2D eigenvalue weighted by Crippen LogP contribution is 2.37. The van der Waals surface area contributed by atoms with Crippen LogP contribution in [0.25, 0.3) is 15.3 Å². The Morgan fingerprint density at radius 2 is 1.95 bits per heavy atom. The number of aromatic nitrogens is 3. The first-order valence-electron chi connectivity index (χ1n) is 5.13.